The van der Waals surface area contributed by atoms with Crippen molar-refractivity contribution in [2.45, 2.75) is 6.42 Å². The molecule has 0 aliphatic rings. The molecule has 2 aromatic rings. The Morgan fingerprint density at radius 1 is 1.12 bits per heavy atom. The minimum absolute atomic E-state index is 0.166. The molecule has 2 heterocycles. The summed E-state index contributed by atoms with van der Waals surface area (Å²) in [4.78, 5) is 23.4. The highest BCUT2D eigenvalue weighted by Crippen LogP contribution is 2.09. The maximum Gasteiger partial charge on any atom is 0.204 e. The number of hydrogen-bond donors (Lipinski definition) is 1. The van der Waals surface area contributed by atoms with Crippen LogP contribution in [-0.2, 0) is 6.42 Å². The number of ketones is 1. The molecule has 5 heteroatoms. The number of pyridine rings is 1. The van der Waals surface area contributed by atoms with Crippen LogP contribution in [0.3, 0.4) is 0 Å². The van der Waals surface area contributed by atoms with E-state index < -0.39 is 0 Å². The highest BCUT2D eigenvalue weighted by Gasteiger charge is 2.11. The summed E-state index contributed by atoms with van der Waals surface area (Å²) in [7, 11) is 0. The molecule has 2 aromatic heterocycles. The second kappa shape index (κ2) is 4.48. The van der Waals surface area contributed by atoms with Crippen LogP contribution in [-0.4, -0.2) is 20.7 Å². The summed E-state index contributed by atoms with van der Waals surface area (Å²) < 4.78 is 0. The molecule has 0 aliphatic heterocycles. The van der Waals surface area contributed by atoms with Gasteiger partial charge in [0.2, 0.25) is 5.78 Å². The van der Waals surface area contributed by atoms with Crippen LogP contribution in [0.25, 0.3) is 0 Å². The molecule has 0 unspecified atom stereocenters. The van der Waals surface area contributed by atoms with Gasteiger partial charge in [0.15, 0.2) is 5.82 Å². The van der Waals surface area contributed by atoms with Crippen molar-refractivity contribution in [3.05, 3.63) is 48.2 Å². The van der Waals surface area contributed by atoms with Gasteiger partial charge in [-0.2, -0.15) is 0 Å². The number of hydrogen-bond acceptors (Lipinski definition) is 5. The Kier molecular flexibility index (Phi) is 2.86. The number of carbonyl (C=O) groups excluding carboxylic acids is 1. The van der Waals surface area contributed by atoms with Gasteiger partial charge >= 0.3 is 0 Å². The van der Waals surface area contributed by atoms with Crippen molar-refractivity contribution in [3.8, 4) is 0 Å². The van der Waals surface area contributed by atoms with E-state index in [9.17, 15) is 4.79 Å². The Morgan fingerprint density at radius 2 is 1.81 bits per heavy atom. The van der Waals surface area contributed by atoms with E-state index in [2.05, 4.69) is 15.0 Å². The monoisotopic (exact) mass is 214 g/mol. The van der Waals surface area contributed by atoms with Gasteiger partial charge in [0.1, 0.15) is 5.82 Å². The van der Waals surface area contributed by atoms with Crippen molar-refractivity contribution < 1.29 is 4.79 Å². The normalized spacial score (nSPS) is 10.0. The Labute approximate surface area is 92.4 Å². The first-order chi connectivity index (χ1) is 7.77. The van der Waals surface area contributed by atoms with Crippen molar-refractivity contribution in [1.29, 1.82) is 0 Å². The summed E-state index contributed by atoms with van der Waals surface area (Å²) >= 11 is 0. The Balaban J connectivity index is 2.18. The van der Waals surface area contributed by atoms with Crippen LogP contribution in [0.1, 0.15) is 16.2 Å². The molecule has 0 saturated carbocycles. The van der Waals surface area contributed by atoms with E-state index in [0.717, 1.165) is 0 Å². The minimum atomic E-state index is -0.166. The van der Waals surface area contributed by atoms with E-state index in [0.29, 0.717) is 11.4 Å². The van der Waals surface area contributed by atoms with Gasteiger partial charge in [0.25, 0.3) is 0 Å². The first-order valence-electron chi connectivity index (χ1n) is 4.77. The van der Waals surface area contributed by atoms with Gasteiger partial charge in [0.05, 0.1) is 0 Å². The van der Waals surface area contributed by atoms with Crippen molar-refractivity contribution in [1.82, 2.24) is 15.0 Å². The number of aromatic nitrogens is 3. The smallest absolute Gasteiger partial charge is 0.204 e. The van der Waals surface area contributed by atoms with E-state index >= 15 is 0 Å². The first kappa shape index (κ1) is 10.2. The van der Waals surface area contributed by atoms with Gasteiger partial charge in [-0.15, -0.1) is 0 Å². The molecule has 0 atom stereocenters. The lowest BCUT2D eigenvalue weighted by atomic mass is 10.1. The lowest BCUT2D eigenvalue weighted by Gasteiger charge is -2.02. The van der Waals surface area contributed by atoms with E-state index in [1.165, 1.54) is 12.4 Å². The number of nitrogen functional groups attached to an aromatic ring is 1. The lowest BCUT2D eigenvalue weighted by molar-refractivity contribution is 0.0983. The summed E-state index contributed by atoms with van der Waals surface area (Å²) in [6, 6.07) is 5.17. The predicted octanol–water partition coefficient (Wildman–Crippen LogP) is 0.879. The number of carbonyl (C=O) groups is 1. The van der Waals surface area contributed by atoms with Crippen molar-refractivity contribution in [2.75, 3.05) is 5.73 Å². The molecule has 0 aromatic carbocycles. The first-order valence-corrected chi connectivity index (χ1v) is 4.77. The van der Waals surface area contributed by atoms with Crippen LogP contribution >= 0.6 is 0 Å². The highest BCUT2D eigenvalue weighted by atomic mass is 16.1. The summed E-state index contributed by atoms with van der Waals surface area (Å²) in [6.07, 6.45) is 4.83. The van der Waals surface area contributed by atoms with Crippen LogP contribution < -0.4 is 5.73 Å². The SMILES string of the molecule is Nc1ncccc1CC(=O)c1ncccn1. The third-order valence-corrected chi connectivity index (χ3v) is 2.09. The van der Waals surface area contributed by atoms with E-state index in [1.807, 2.05) is 0 Å². The quantitative estimate of drug-likeness (QED) is 0.767. The summed E-state index contributed by atoms with van der Waals surface area (Å²) in [5.41, 5.74) is 6.34. The zero-order chi connectivity index (χ0) is 11.4. The molecule has 2 rings (SSSR count). The molecule has 0 amide bonds. The van der Waals surface area contributed by atoms with E-state index in [4.69, 9.17) is 5.73 Å². The molecule has 0 spiro atoms. The standard InChI is InChI=1S/C11H10N4O/c12-10-8(3-1-4-13-10)7-9(16)11-14-5-2-6-15-11/h1-6H,7H2,(H2,12,13). The third-order valence-electron chi connectivity index (χ3n) is 2.09. The van der Waals surface area contributed by atoms with Crippen LogP contribution in [0.4, 0.5) is 5.82 Å². The highest BCUT2D eigenvalue weighted by molar-refractivity contribution is 5.94. The van der Waals surface area contributed by atoms with Crippen molar-refractivity contribution in [3.63, 3.8) is 0 Å². The molecule has 0 aliphatic carbocycles. The van der Waals surface area contributed by atoms with Crippen LogP contribution in [0.15, 0.2) is 36.8 Å². The third kappa shape index (κ3) is 2.20. The molecule has 0 bridgehead atoms. The largest absolute Gasteiger partial charge is 0.383 e. The topological polar surface area (TPSA) is 81.8 Å². The van der Waals surface area contributed by atoms with Gasteiger partial charge in [0, 0.05) is 30.6 Å². The average molecular weight is 214 g/mol. The zero-order valence-corrected chi connectivity index (χ0v) is 8.50. The van der Waals surface area contributed by atoms with E-state index in [1.54, 1.807) is 24.4 Å². The average Bonchev–Trinajstić information content (AvgIpc) is 2.33. The number of anilines is 1. The molecule has 16 heavy (non-hydrogen) atoms. The summed E-state index contributed by atoms with van der Waals surface area (Å²) in [6.45, 7) is 0. The van der Waals surface area contributed by atoms with Gasteiger partial charge in [-0.05, 0) is 12.1 Å². The second-order valence-electron chi connectivity index (χ2n) is 3.22. The van der Waals surface area contributed by atoms with Gasteiger partial charge in [-0.1, -0.05) is 6.07 Å². The zero-order valence-electron chi connectivity index (χ0n) is 8.50. The molecule has 5 nitrogen and oxygen atoms in total. The predicted molar refractivity (Wildman–Crippen MR) is 58.7 cm³/mol. The van der Waals surface area contributed by atoms with E-state index in [-0.39, 0.29) is 18.0 Å². The molecular weight excluding hydrogens is 204 g/mol. The fourth-order valence-electron chi connectivity index (χ4n) is 1.30. The fourth-order valence-corrected chi connectivity index (χ4v) is 1.30. The molecule has 0 fully saturated rings. The van der Waals surface area contributed by atoms with Crippen LogP contribution in [0, 0.1) is 0 Å². The number of rotatable bonds is 3. The maximum absolute atomic E-state index is 11.8. The minimum Gasteiger partial charge on any atom is -0.383 e. The summed E-state index contributed by atoms with van der Waals surface area (Å²) in [5.74, 6) is 0.401. The van der Waals surface area contributed by atoms with Gasteiger partial charge in [-0.25, -0.2) is 15.0 Å². The molecular formula is C11H10N4O. The summed E-state index contributed by atoms with van der Waals surface area (Å²) in [5, 5.41) is 0. The van der Waals surface area contributed by atoms with Crippen LogP contribution in [0.5, 0.6) is 0 Å². The number of nitrogens with two attached hydrogens (primary N) is 1. The molecule has 80 valence electrons. The van der Waals surface area contributed by atoms with Gasteiger partial charge in [-0.3, -0.25) is 4.79 Å². The van der Waals surface area contributed by atoms with Gasteiger partial charge < -0.3 is 5.73 Å². The molecule has 0 saturated heterocycles. The second-order valence-corrected chi connectivity index (χ2v) is 3.22. The van der Waals surface area contributed by atoms with Crippen molar-refractivity contribution >= 4 is 11.6 Å². The number of nitrogens with zero attached hydrogens (tertiary/aromatic N) is 3. The Morgan fingerprint density at radius 3 is 2.50 bits per heavy atom. The number of Topliss-reactive ketones (excluding diaryl/α,β-unsaturated/α-hetero) is 1. The molecule has 2 N–H and O–H groups in total. The Hall–Kier alpha value is -2.30. The van der Waals surface area contributed by atoms with Crippen LogP contribution in [0.2, 0.25) is 0 Å². The lowest BCUT2D eigenvalue weighted by Crippen LogP contribution is -2.10. The van der Waals surface area contributed by atoms with Crippen molar-refractivity contribution in [2.24, 2.45) is 0 Å². The maximum atomic E-state index is 11.8. The molecule has 0 radical (unpaired) electrons. The fraction of sp³-hybridized carbons (Fsp3) is 0.0909. The Bertz CT molecular complexity index is 498.